The molecule has 0 aromatic heterocycles. The molecule has 0 amide bonds. The Morgan fingerprint density at radius 1 is 1.89 bits per heavy atom. The molecule has 0 aromatic rings. The van der Waals surface area contributed by atoms with Gasteiger partial charge in [0.1, 0.15) is 6.04 Å². The SMILES string of the molecule is N[C@@H](CSOO)C(=O)O. The molecule has 0 heterocycles. The van der Waals surface area contributed by atoms with Crippen LogP contribution in [-0.4, -0.2) is 28.1 Å². The van der Waals surface area contributed by atoms with Crippen molar-refractivity contribution in [3.63, 3.8) is 0 Å². The summed E-state index contributed by atoms with van der Waals surface area (Å²) in [6.45, 7) is 0. The van der Waals surface area contributed by atoms with Gasteiger partial charge in [-0.2, -0.15) is 4.33 Å². The van der Waals surface area contributed by atoms with Gasteiger partial charge in [0, 0.05) is 17.8 Å². The van der Waals surface area contributed by atoms with Crippen molar-refractivity contribution < 1.29 is 19.5 Å². The van der Waals surface area contributed by atoms with Gasteiger partial charge in [0.05, 0.1) is 0 Å². The van der Waals surface area contributed by atoms with E-state index in [0.29, 0.717) is 12.0 Å². The van der Waals surface area contributed by atoms with Gasteiger partial charge in [-0.1, -0.05) is 0 Å². The van der Waals surface area contributed by atoms with Crippen LogP contribution in [0.4, 0.5) is 0 Å². The Kier molecular flexibility index (Phi) is 4.41. The summed E-state index contributed by atoms with van der Waals surface area (Å²) in [5.41, 5.74) is 4.99. The van der Waals surface area contributed by atoms with E-state index in [4.69, 9.17) is 16.1 Å². The second kappa shape index (κ2) is 4.57. The van der Waals surface area contributed by atoms with Gasteiger partial charge in [-0.15, -0.1) is 0 Å². The minimum Gasteiger partial charge on any atom is -0.480 e. The highest BCUT2D eigenvalue weighted by Crippen LogP contribution is 1.99. The fraction of sp³-hybridized carbons (Fsp3) is 0.667. The average Bonchev–Trinajstić information content (AvgIpc) is 1.82. The van der Waals surface area contributed by atoms with Crippen LogP contribution in [0.2, 0.25) is 0 Å². The summed E-state index contributed by atoms with van der Waals surface area (Å²) in [6, 6.07) is -0.984. The van der Waals surface area contributed by atoms with Crippen molar-refractivity contribution in [3.8, 4) is 0 Å². The molecule has 9 heavy (non-hydrogen) atoms. The molecular weight excluding hydrogens is 146 g/mol. The average molecular weight is 153 g/mol. The lowest BCUT2D eigenvalue weighted by molar-refractivity contribution is -0.138. The van der Waals surface area contributed by atoms with Crippen LogP contribution in [0.25, 0.3) is 0 Å². The van der Waals surface area contributed by atoms with Crippen molar-refractivity contribution in [1.29, 1.82) is 0 Å². The minimum atomic E-state index is -1.11. The molecule has 0 aliphatic carbocycles. The third-order valence-corrected chi connectivity index (χ3v) is 1.22. The topological polar surface area (TPSA) is 92.8 Å². The molecule has 6 heteroatoms. The monoisotopic (exact) mass is 153 g/mol. The molecule has 0 fully saturated rings. The number of carbonyl (C=O) groups is 1. The Balaban J connectivity index is 3.27. The minimum absolute atomic E-state index is 0.0336. The Bertz CT molecular complexity index is 97.8. The quantitative estimate of drug-likeness (QED) is 0.287. The smallest absolute Gasteiger partial charge is 0.321 e. The third kappa shape index (κ3) is 4.22. The van der Waals surface area contributed by atoms with Crippen molar-refractivity contribution in [1.82, 2.24) is 0 Å². The molecule has 0 unspecified atom stereocenters. The van der Waals surface area contributed by atoms with E-state index in [0.717, 1.165) is 0 Å². The number of carboxylic acids is 1. The van der Waals surface area contributed by atoms with Crippen LogP contribution >= 0.6 is 12.0 Å². The van der Waals surface area contributed by atoms with E-state index in [9.17, 15) is 4.79 Å². The predicted octanol–water partition coefficient (Wildman–Crippen LogP) is -0.464. The van der Waals surface area contributed by atoms with E-state index in [2.05, 4.69) is 4.33 Å². The first-order valence-electron chi connectivity index (χ1n) is 2.10. The van der Waals surface area contributed by atoms with Gasteiger partial charge in [-0.05, 0) is 0 Å². The molecule has 5 nitrogen and oxygen atoms in total. The second-order valence-corrected chi connectivity index (χ2v) is 2.02. The van der Waals surface area contributed by atoms with Gasteiger partial charge in [-0.3, -0.25) is 4.79 Å². The molecule has 0 aromatic carbocycles. The molecule has 0 rings (SSSR count). The van der Waals surface area contributed by atoms with Crippen LogP contribution < -0.4 is 5.73 Å². The van der Waals surface area contributed by atoms with Crippen molar-refractivity contribution in [2.45, 2.75) is 6.04 Å². The number of carboxylic acid groups (broad SMARTS) is 1. The van der Waals surface area contributed by atoms with E-state index >= 15 is 0 Å². The van der Waals surface area contributed by atoms with E-state index in [-0.39, 0.29) is 5.75 Å². The summed E-state index contributed by atoms with van der Waals surface area (Å²) >= 11 is 0.594. The van der Waals surface area contributed by atoms with Gasteiger partial charge in [0.25, 0.3) is 0 Å². The summed E-state index contributed by atoms with van der Waals surface area (Å²) in [7, 11) is 0. The number of aliphatic carboxylic acids is 1. The summed E-state index contributed by atoms with van der Waals surface area (Å²) in [6.07, 6.45) is 0. The van der Waals surface area contributed by atoms with Crippen LogP contribution in [0.15, 0.2) is 0 Å². The predicted molar refractivity (Wildman–Crippen MR) is 31.8 cm³/mol. The lowest BCUT2D eigenvalue weighted by atomic mass is 10.4. The second-order valence-electron chi connectivity index (χ2n) is 1.30. The Labute approximate surface area is 55.9 Å². The molecular formula is C3H7NO4S. The molecule has 54 valence electrons. The molecule has 0 bridgehead atoms. The van der Waals surface area contributed by atoms with Gasteiger partial charge >= 0.3 is 5.97 Å². The Morgan fingerprint density at radius 3 is 2.78 bits per heavy atom. The number of nitrogens with two attached hydrogens (primary N) is 1. The van der Waals surface area contributed by atoms with Crippen molar-refractivity contribution in [2.24, 2.45) is 5.73 Å². The molecule has 1 atom stereocenters. The largest absolute Gasteiger partial charge is 0.480 e. The molecule has 0 radical (unpaired) electrons. The first kappa shape index (κ1) is 8.70. The van der Waals surface area contributed by atoms with Crippen molar-refractivity contribution >= 4 is 18.0 Å². The first-order valence-corrected chi connectivity index (χ1v) is 3.01. The standard InChI is InChI=1S/C3H7NO4S/c4-2(3(5)6)1-9-8-7/h2,7H,1,4H2,(H,5,6)/t2-/m0/s1. The maximum atomic E-state index is 9.93. The van der Waals surface area contributed by atoms with Crippen LogP contribution in [0, 0.1) is 0 Å². The van der Waals surface area contributed by atoms with Crippen molar-refractivity contribution in [2.75, 3.05) is 5.75 Å². The fourth-order valence-corrected chi connectivity index (χ4v) is 0.525. The molecule has 0 saturated carbocycles. The Hall–Kier alpha value is -0.300. The summed E-state index contributed by atoms with van der Waals surface area (Å²) in [5, 5.41) is 15.8. The highest BCUT2D eigenvalue weighted by molar-refractivity contribution is 7.94. The lowest BCUT2D eigenvalue weighted by Crippen LogP contribution is -2.32. The highest BCUT2D eigenvalue weighted by Gasteiger charge is 2.10. The van der Waals surface area contributed by atoms with E-state index in [1.807, 2.05) is 0 Å². The van der Waals surface area contributed by atoms with E-state index in [1.54, 1.807) is 0 Å². The zero-order chi connectivity index (χ0) is 7.28. The zero-order valence-corrected chi connectivity index (χ0v) is 5.30. The fourth-order valence-electron chi connectivity index (χ4n) is 0.175. The molecule has 0 aliphatic rings. The number of hydrogen-bond donors (Lipinski definition) is 3. The molecule has 0 saturated heterocycles. The van der Waals surface area contributed by atoms with Gasteiger partial charge in [-0.25, -0.2) is 5.26 Å². The molecule has 0 spiro atoms. The molecule has 0 aliphatic heterocycles. The number of hydrogen-bond acceptors (Lipinski definition) is 5. The highest BCUT2D eigenvalue weighted by atomic mass is 32.2. The van der Waals surface area contributed by atoms with Crippen LogP contribution in [0.5, 0.6) is 0 Å². The van der Waals surface area contributed by atoms with Crippen LogP contribution in [0.1, 0.15) is 0 Å². The normalized spacial score (nSPS) is 13.1. The Morgan fingerprint density at radius 2 is 2.44 bits per heavy atom. The van der Waals surface area contributed by atoms with E-state index < -0.39 is 12.0 Å². The molecule has 4 N–H and O–H groups in total. The number of rotatable bonds is 4. The van der Waals surface area contributed by atoms with Crippen LogP contribution in [0.3, 0.4) is 0 Å². The van der Waals surface area contributed by atoms with Gasteiger partial charge < -0.3 is 10.8 Å². The summed E-state index contributed by atoms with van der Waals surface area (Å²) < 4.78 is 3.54. The van der Waals surface area contributed by atoms with Gasteiger partial charge in [0.15, 0.2) is 0 Å². The first-order chi connectivity index (χ1) is 4.18. The van der Waals surface area contributed by atoms with E-state index in [1.165, 1.54) is 0 Å². The third-order valence-electron chi connectivity index (χ3n) is 0.618. The maximum absolute atomic E-state index is 9.93. The lowest BCUT2D eigenvalue weighted by Gasteiger charge is -2.00. The summed E-state index contributed by atoms with van der Waals surface area (Å²) in [4.78, 5) is 9.93. The summed E-state index contributed by atoms with van der Waals surface area (Å²) in [5.74, 6) is -1.08. The van der Waals surface area contributed by atoms with Crippen LogP contribution in [-0.2, 0) is 9.13 Å². The van der Waals surface area contributed by atoms with Gasteiger partial charge in [0.2, 0.25) is 0 Å². The van der Waals surface area contributed by atoms with Crippen molar-refractivity contribution in [3.05, 3.63) is 0 Å². The maximum Gasteiger partial charge on any atom is 0.321 e. The zero-order valence-electron chi connectivity index (χ0n) is 4.48.